The summed E-state index contributed by atoms with van der Waals surface area (Å²) in [5.74, 6) is 0.506. The second kappa shape index (κ2) is 11.0. The first kappa shape index (κ1) is 22.9. The molecule has 0 aliphatic heterocycles. The summed E-state index contributed by atoms with van der Waals surface area (Å²) in [5.41, 5.74) is 1.81. The maximum atomic E-state index is 11.9. The molecule has 1 heterocycles. The van der Waals surface area contributed by atoms with Gasteiger partial charge in [0.15, 0.2) is 0 Å². The molecule has 2 N–H and O–H groups in total. The third kappa shape index (κ3) is 7.85. The molecule has 6 nitrogen and oxygen atoms in total. The Bertz CT molecular complexity index is 820. The van der Waals surface area contributed by atoms with E-state index in [2.05, 4.69) is 64.5 Å². The van der Waals surface area contributed by atoms with Crippen molar-refractivity contribution in [3.8, 4) is 5.75 Å². The van der Waals surface area contributed by atoms with Crippen LogP contribution in [0.3, 0.4) is 0 Å². The van der Waals surface area contributed by atoms with Gasteiger partial charge in [-0.1, -0.05) is 26.8 Å². The van der Waals surface area contributed by atoms with Crippen LogP contribution in [0.25, 0.3) is 0 Å². The molecule has 0 unspecified atom stereocenters. The number of carbonyl (C=O) groups excluding carboxylic acids is 2. The van der Waals surface area contributed by atoms with Crippen molar-refractivity contribution in [2.45, 2.75) is 39.0 Å². The molecule has 0 fully saturated rings. The Morgan fingerprint density at radius 3 is 2.55 bits per heavy atom. The summed E-state index contributed by atoms with van der Waals surface area (Å²) < 4.78 is 6.69. The van der Waals surface area contributed by atoms with E-state index in [1.165, 1.54) is 11.8 Å². The maximum absolute atomic E-state index is 11.9. The first-order valence-electron chi connectivity index (χ1n) is 9.65. The zero-order valence-corrected chi connectivity index (χ0v) is 18.7. The van der Waals surface area contributed by atoms with Crippen LogP contribution in [-0.4, -0.2) is 36.5 Å². The summed E-state index contributed by atoms with van der Waals surface area (Å²) in [6.07, 6.45) is 4.10. The third-order valence-electron chi connectivity index (χ3n) is 4.26. The van der Waals surface area contributed by atoms with Gasteiger partial charge in [-0.2, -0.15) is 0 Å². The van der Waals surface area contributed by atoms with E-state index in [1.807, 2.05) is 6.07 Å². The Hall–Kier alpha value is -2.41. The Morgan fingerprint density at radius 2 is 1.90 bits per heavy atom. The van der Waals surface area contributed by atoms with E-state index in [4.69, 9.17) is 4.74 Å². The highest BCUT2D eigenvalue weighted by atomic mass is 79.9. The Morgan fingerprint density at radius 1 is 1.14 bits per heavy atom. The van der Waals surface area contributed by atoms with Crippen LogP contribution in [0.4, 0.5) is 0 Å². The summed E-state index contributed by atoms with van der Waals surface area (Å²) in [7, 11) is 0. The van der Waals surface area contributed by atoms with E-state index < -0.39 is 0 Å². The van der Waals surface area contributed by atoms with Crippen molar-refractivity contribution < 1.29 is 14.3 Å². The van der Waals surface area contributed by atoms with E-state index in [-0.39, 0.29) is 17.2 Å². The topological polar surface area (TPSA) is 80.3 Å². The van der Waals surface area contributed by atoms with Gasteiger partial charge in [0, 0.05) is 31.9 Å². The number of ether oxygens (including phenoxy) is 1. The highest BCUT2D eigenvalue weighted by molar-refractivity contribution is 9.10. The summed E-state index contributed by atoms with van der Waals surface area (Å²) in [4.78, 5) is 27.6. The summed E-state index contributed by atoms with van der Waals surface area (Å²) >= 11 is 3.55. The lowest BCUT2D eigenvalue weighted by Gasteiger charge is -2.20. The number of halogens is 1. The standard InChI is InChI=1S/C22H28BrN3O3/c1-22(2,3)17-8-9-19(18(23)14-17)29-13-5-7-20(27)25-11-12-26-21(28)16-6-4-10-24-15-16/h4,6,8-10,14-15H,5,7,11-13H2,1-3H3,(H,25,27)(H,26,28). The number of amides is 2. The van der Waals surface area contributed by atoms with Gasteiger partial charge >= 0.3 is 0 Å². The summed E-state index contributed by atoms with van der Waals surface area (Å²) in [6.45, 7) is 7.70. The predicted octanol–water partition coefficient (Wildman–Crippen LogP) is 3.85. The molecule has 0 aliphatic rings. The van der Waals surface area contributed by atoms with Crippen LogP contribution in [0.2, 0.25) is 0 Å². The average Bonchev–Trinajstić information content (AvgIpc) is 2.69. The van der Waals surface area contributed by atoms with E-state index >= 15 is 0 Å². The lowest BCUT2D eigenvalue weighted by Crippen LogP contribution is -2.34. The van der Waals surface area contributed by atoms with Gasteiger partial charge in [0.1, 0.15) is 5.75 Å². The number of pyridine rings is 1. The molecule has 0 saturated heterocycles. The number of aromatic nitrogens is 1. The lowest BCUT2D eigenvalue weighted by atomic mass is 9.87. The van der Waals surface area contributed by atoms with Crippen molar-refractivity contribution in [3.63, 3.8) is 0 Å². The molecule has 0 radical (unpaired) electrons. The first-order chi connectivity index (χ1) is 13.8. The first-order valence-corrected chi connectivity index (χ1v) is 10.4. The summed E-state index contributed by atoms with van der Waals surface area (Å²) in [6, 6.07) is 9.48. The van der Waals surface area contributed by atoms with E-state index in [0.29, 0.717) is 38.1 Å². The van der Waals surface area contributed by atoms with E-state index in [1.54, 1.807) is 18.3 Å². The van der Waals surface area contributed by atoms with Crippen LogP contribution in [0.5, 0.6) is 5.75 Å². The number of benzene rings is 1. The van der Waals surface area contributed by atoms with E-state index in [9.17, 15) is 9.59 Å². The SMILES string of the molecule is CC(C)(C)c1ccc(OCCCC(=O)NCCNC(=O)c2cccnc2)c(Br)c1. The molecule has 1 aromatic carbocycles. The zero-order valence-electron chi connectivity index (χ0n) is 17.1. The van der Waals surface area contributed by atoms with Crippen molar-refractivity contribution in [1.29, 1.82) is 0 Å². The lowest BCUT2D eigenvalue weighted by molar-refractivity contribution is -0.121. The Kier molecular flexibility index (Phi) is 8.64. The molecular weight excluding hydrogens is 434 g/mol. The fourth-order valence-electron chi connectivity index (χ4n) is 2.56. The minimum atomic E-state index is -0.205. The molecule has 29 heavy (non-hydrogen) atoms. The van der Waals surface area contributed by atoms with Crippen LogP contribution in [0, 0.1) is 0 Å². The Labute approximate surface area is 180 Å². The monoisotopic (exact) mass is 461 g/mol. The summed E-state index contributed by atoms with van der Waals surface area (Å²) in [5, 5.41) is 5.53. The molecule has 0 aliphatic carbocycles. The van der Waals surface area contributed by atoms with Crippen molar-refractivity contribution in [2.24, 2.45) is 0 Å². The number of nitrogens with one attached hydrogen (secondary N) is 2. The molecule has 2 rings (SSSR count). The van der Waals surface area contributed by atoms with Crippen molar-refractivity contribution in [2.75, 3.05) is 19.7 Å². The molecule has 0 spiro atoms. The average molecular weight is 462 g/mol. The Balaban J connectivity index is 1.61. The molecule has 156 valence electrons. The van der Waals surface area contributed by atoms with Gasteiger partial charge in [-0.15, -0.1) is 0 Å². The van der Waals surface area contributed by atoms with Crippen LogP contribution in [-0.2, 0) is 10.2 Å². The van der Waals surface area contributed by atoms with Gasteiger partial charge in [-0.05, 0) is 57.6 Å². The minimum Gasteiger partial charge on any atom is -0.492 e. The van der Waals surface area contributed by atoms with E-state index in [0.717, 1.165) is 10.2 Å². The molecule has 0 saturated carbocycles. The maximum Gasteiger partial charge on any atom is 0.252 e. The van der Waals surface area contributed by atoms with Crippen LogP contribution < -0.4 is 15.4 Å². The third-order valence-corrected chi connectivity index (χ3v) is 4.88. The fraction of sp³-hybridized carbons (Fsp3) is 0.409. The van der Waals surface area contributed by atoms with Gasteiger partial charge in [0.2, 0.25) is 5.91 Å². The van der Waals surface area contributed by atoms with Gasteiger partial charge in [-0.3, -0.25) is 14.6 Å². The molecule has 2 amide bonds. The van der Waals surface area contributed by atoms with Gasteiger partial charge < -0.3 is 15.4 Å². The van der Waals surface area contributed by atoms with Gasteiger partial charge in [-0.25, -0.2) is 0 Å². The van der Waals surface area contributed by atoms with Gasteiger partial charge in [0.05, 0.1) is 16.6 Å². The number of carbonyl (C=O) groups is 2. The second-order valence-corrected chi connectivity index (χ2v) is 8.55. The normalized spacial score (nSPS) is 11.0. The largest absolute Gasteiger partial charge is 0.492 e. The predicted molar refractivity (Wildman–Crippen MR) is 117 cm³/mol. The highest BCUT2D eigenvalue weighted by Crippen LogP contribution is 2.31. The molecule has 7 heteroatoms. The molecule has 2 aromatic rings. The molecular formula is C22H28BrN3O3. The van der Waals surface area contributed by atoms with Crippen molar-refractivity contribution >= 4 is 27.7 Å². The number of hydrogen-bond donors (Lipinski definition) is 2. The van der Waals surface area contributed by atoms with Crippen LogP contribution in [0.1, 0.15) is 49.5 Å². The number of nitrogens with zero attached hydrogens (tertiary/aromatic N) is 1. The van der Waals surface area contributed by atoms with Crippen molar-refractivity contribution in [3.05, 3.63) is 58.3 Å². The molecule has 1 aromatic heterocycles. The fourth-order valence-corrected chi connectivity index (χ4v) is 3.06. The minimum absolute atomic E-state index is 0.0635. The van der Waals surface area contributed by atoms with Crippen LogP contribution in [0.15, 0.2) is 47.2 Å². The number of rotatable bonds is 9. The number of hydrogen-bond acceptors (Lipinski definition) is 4. The van der Waals surface area contributed by atoms with Gasteiger partial charge in [0.25, 0.3) is 5.91 Å². The highest BCUT2D eigenvalue weighted by Gasteiger charge is 2.15. The molecule has 0 bridgehead atoms. The van der Waals surface area contributed by atoms with Crippen molar-refractivity contribution in [1.82, 2.24) is 15.6 Å². The smallest absolute Gasteiger partial charge is 0.252 e. The van der Waals surface area contributed by atoms with Crippen LogP contribution >= 0.6 is 15.9 Å². The quantitative estimate of drug-likeness (QED) is 0.555. The molecule has 0 atom stereocenters. The zero-order chi connectivity index (χ0) is 21.3. The second-order valence-electron chi connectivity index (χ2n) is 7.69.